The molecule has 0 aliphatic carbocycles. The Kier molecular flexibility index (Phi) is 7.27. The number of nitro groups is 1. The van der Waals surface area contributed by atoms with Gasteiger partial charge in [0.2, 0.25) is 4.80 Å². The Morgan fingerprint density at radius 3 is 2.49 bits per heavy atom. The number of halogens is 1. The summed E-state index contributed by atoms with van der Waals surface area (Å²) in [5.74, 6) is 0. The van der Waals surface area contributed by atoms with E-state index in [4.69, 9.17) is 10.1 Å². The normalized spacial score (nSPS) is 12.2. The third-order valence-electron chi connectivity index (χ3n) is 6.26. The van der Waals surface area contributed by atoms with Gasteiger partial charge in [-0.15, -0.1) is 11.3 Å². The van der Waals surface area contributed by atoms with Crippen molar-refractivity contribution in [3.63, 3.8) is 0 Å². The third kappa shape index (κ3) is 5.18. The van der Waals surface area contributed by atoms with Crippen LogP contribution in [0.3, 0.4) is 0 Å². The van der Waals surface area contributed by atoms with Crippen LogP contribution in [-0.2, 0) is 7.05 Å². The summed E-state index contributed by atoms with van der Waals surface area (Å²) in [5, 5.41) is 18.2. The zero-order chi connectivity index (χ0) is 27.7. The Balaban J connectivity index is 1.75. The Hall–Kier alpha value is -4.35. The minimum absolute atomic E-state index is 0.0268. The number of rotatable bonds is 6. The van der Waals surface area contributed by atoms with Gasteiger partial charge in [0.1, 0.15) is 0 Å². The van der Waals surface area contributed by atoms with Crippen LogP contribution in [0.1, 0.15) is 18.2 Å². The predicted octanol–water partition coefficient (Wildman–Crippen LogP) is 6.19. The predicted molar refractivity (Wildman–Crippen MR) is 157 cm³/mol. The number of para-hydroxylation sites is 1. The molecule has 0 saturated carbocycles. The lowest BCUT2D eigenvalue weighted by Crippen LogP contribution is -2.20. The van der Waals surface area contributed by atoms with Gasteiger partial charge in [-0.3, -0.25) is 19.6 Å². The van der Waals surface area contributed by atoms with Crippen LogP contribution in [0.4, 0.5) is 11.4 Å². The quantitative estimate of drug-likeness (QED) is 0.131. The Morgan fingerprint density at radius 2 is 1.77 bits per heavy atom. The topological polar surface area (TPSA) is 99.7 Å². The van der Waals surface area contributed by atoms with Crippen LogP contribution in [0.25, 0.3) is 16.9 Å². The summed E-state index contributed by atoms with van der Waals surface area (Å²) in [6, 6.07) is 23.5. The SMILES string of the molecule is CC(=Nn1c(-c2cccc([N+](=O)[O-])c2)csc1=Nc1c(C)n(C)n(-c2ccccc2)c1=O)c1cccc(Br)c1. The van der Waals surface area contributed by atoms with E-state index in [-0.39, 0.29) is 16.9 Å². The summed E-state index contributed by atoms with van der Waals surface area (Å²) in [5.41, 5.74) is 4.25. The number of aromatic nitrogens is 3. The molecule has 0 aliphatic heterocycles. The highest BCUT2D eigenvalue weighted by Gasteiger charge is 2.18. The molecule has 39 heavy (non-hydrogen) atoms. The minimum Gasteiger partial charge on any atom is -0.283 e. The van der Waals surface area contributed by atoms with Crippen LogP contribution in [0.2, 0.25) is 0 Å². The van der Waals surface area contributed by atoms with E-state index in [0.29, 0.717) is 27.5 Å². The average molecular weight is 604 g/mol. The molecule has 3 aromatic carbocycles. The third-order valence-corrected chi connectivity index (χ3v) is 7.57. The van der Waals surface area contributed by atoms with Gasteiger partial charge in [0.05, 0.1) is 27.7 Å². The maximum atomic E-state index is 13.5. The molecule has 2 aromatic heterocycles. The summed E-state index contributed by atoms with van der Waals surface area (Å²) in [4.78, 5) is 29.8. The summed E-state index contributed by atoms with van der Waals surface area (Å²) < 4.78 is 5.89. The smallest absolute Gasteiger partial charge is 0.283 e. The molecule has 0 saturated heterocycles. The number of nitrogens with zero attached hydrogens (tertiary/aromatic N) is 6. The molecule has 0 radical (unpaired) electrons. The van der Waals surface area contributed by atoms with Crippen molar-refractivity contribution in [3.05, 3.63) is 125 Å². The second-order valence-electron chi connectivity index (χ2n) is 8.74. The zero-order valence-electron chi connectivity index (χ0n) is 21.3. The van der Waals surface area contributed by atoms with Crippen LogP contribution in [0.15, 0.2) is 104 Å². The summed E-state index contributed by atoms with van der Waals surface area (Å²) in [6.07, 6.45) is 0. The lowest BCUT2D eigenvalue weighted by atomic mass is 10.1. The van der Waals surface area contributed by atoms with Crippen LogP contribution in [0, 0.1) is 17.0 Å². The molecular formula is C28H23BrN6O3S. The molecule has 0 amide bonds. The average Bonchev–Trinajstić information content (AvgIpc) is 3.42. The number of hydrogen-bond acceptors (Lipinski definition) is 6. The molecule has 2 heterocycles. The maximum Gasteiger partial charge on any atom is 0.297 e. The van der Waals surface area contributed by atoms with Crippen molar-refractivity contribution in [3.8, 4) is 16.9 Å². The molecule has 5 rings (SSSR count). The molecule has 0 atom stereocenters. The van der Waals surface area contributed by atoms with E-state index in [1.54, 1.807) is 26.2 Å². The number of thiazole rings is 1. The lowest BCUT2D eigenvalue weighted by Gasteiger charge is -2.07. The molecule has 0 bridgehead atoms. The fourth-order valence-electron chi connectivity index (χ4n) is 4.15. The summed E-state index contributed by atoms with van der Waals surface area (Å²) in [7, 11) is 1.81. The molecule has 0 N–H and O–H groups in total. The largest absolute Gasteiger partial charge is 0.297 e. The van der Waals surface area contributed by atoms with Crippen molar-refractivity contribution < 1.29 is 4.92 Å². The molecule has 0 spiro atoms. The van der Waals surface area contributed by atoms with E-state index in [1.165, 1.54) is 23.5 Å². The van der Waals surface area contributed by atoms with Crippen molar-refractivity contribution in [2.75, 3.05) is 0 Å². The number of hydrogen-bond donors (Lipinski definition) is 0. The standard InChI is InChI=1S/C28H23BrN6O3S/c1-18(20-9-7-11-22(29)15-20)31-33-25(21-10-8-14-24(16-21)35(37)38)17-39-28(33)30-26-19(2)32(3)34(27(26)36)23-12-5-4-6-13-23/h4-17H,1-3H3. The van der Waals surface area contributed by atoms with Gasteiger partial charge in [-0.2, -0.15) is 5.10 Å². The molecule has 196 valence electrons. The van der Waals surface area contributed by atoms with Gasteiger partial charge >= 0.3 is 0 Å². The highest BCUT2D eigenvalue weighted by molar-refractivity contribution is 9.10. The first kappa shape index (κ1) is 26.3. The summed E-state index contributed by atoms with van der Waals surface area (Å²) in [6.45, 7) is 3.72. The first-order chi connectivity index (χ1) is 18.7. The second-order valence-corrected chi connectivity index (χ2v) is 10.5. The van der Waals surface area contributed by atoms with Gasteiger partial charge in [-0.05, 0) is 43.7 Å². The van der Waals surface area contributed by atoms with Crippen LogP contribution < -0.4 is 10.4 Å². The Morgan fingerprint density at radius 1 is 1.03 bits per heavy atom. The van der Waals surface area contributed by atoms with E-state index in [1.807, 2.05) is 80.9 Å². The van der Waals surface area contributed by atoms with Gasteiger partial charge in [-0.25, -0.2) is 14.4 Å². The lowest BCUT2D eigenvalue weighted by molar-refractivity contribution is -0.384. The fourth-order valence-corrected chi connectivity index (χ4v) is 5.39. The molecule has 0 aliphatic rings. The Labute approximate surface area is 235 Å². The van der Waals surface area contributed by atoms with E-state index in [9.17, 15) is 14.9 Å². The van der Waals surface area contributed by atoms with Crippen LogP contribution in [0.5, 0.6) is 0 Å². The van der Waals surface area contributed by atoms with Crippen LogP contribution >= 0.6 is 27.3 Å². The molecule has 11 heteroatoms. The van der Waals surface area contributed by atoms with Crippen molar-refractivity contribution in [1.29, 1.82) is 0 Å². The minimum atomic E-state index is -0.430. The number of nitro benzene ring substituents is 1. The molecule has 0 unspecified atom stereocenters. The van der Waals surface area contributed by atoms with Gasteiger partial charge in [0.25, 0.3) is 11.2 Å². The van der Waals surface area contributed by atoms with E-state index in [0.717, 1.165) is 15.7 Å². The fraction of sp³-hybridized carbons (Fsp3) is 0.107. The van der Waals surface area contributed by atoms with Gasteiger partial charge in [0.15, 0.2) is 5.69 Å². The van der Waals surface area contributed by atoms with Crippen LogP contribution in [-0.4, -0.2) is 24.7 Å². The molecular weight excluding hydrogens is 580 g/mol. The highest BCUT2D eigenvalue weighted by Crippen LogP contribution is 2.26. The first-order valence-corrected chi connectivity index (χ1v) is 13.6. The van der Waals surface area contributed by atoms with E-state index in [2.05, 4.69) is 15.9 Å². The van der Waals surface area contributed by atoms with Crippen molar-refractivity contribution >= 4 is 44.4 Å². The number of non-ortho nitro benzene ring substituents is 1. The zero-order valence-corrected chi connectivity index (χ0v) is 23.7. The van der Waals surface area contributed by atoms with Gasteiger partial charge < -0.3 is 0 Å². The Bertz CT molecular complexity index is 1860. The van der Waals surface area contributed by atoms with Crippen molar-refractivity contribution in [2.45, 2.75) is 13.8 Å². The van der Waals surface area contributed by atoms with Gasteiger partial charge in [-0.1, -0.05) is 58.4 Å². The number of benzene rings is 3. The summed E-state index contributed by atoms with van der Waals surface area (Å²) >= 11 is 4.80. The molecule has 5 aromatic rings. The maximum absolute atomic E-state index is 13.5. The monoisotopic (exact) mass is 602 g/mol. The highest BCUT2D eigenvalue weighted by atomic mass is 79.9. The van der Waals surface area contributed by atoms with Gasteiger partial charge in [0, 0.05) is 34.6 Å². The van der Waals surface area contributed by atoms with E-state index < -0.39 is 4.92 Å². The molecule has 0 fully saturated rings. The van der Waals surface area contributed by atoms with Crippen molar-refractivity contribution in [2.24, 2.45) is 17.1 Å². The molecule has 9 nitrogen and oxygen atoms in total. The second kappa shape index (κ2) is 10.8. The van der Waals surface area contributed by atoms with Crippen molar-refractivity contribution in [1.82, 2.24) is 14.0 Å². The van der Waals surface area contributed by atoms with E-state index >= 15 is 0 Å². The first-order valence-electron chi connectivity index (χ1n) is 11.9.